The van der Waals surface area contributed by atoms with E-state index in [0.717, 1.165) is 0 Å². The number of sulfonamides is 1. The molecule has 2 rings (SSSR count). The number of carbonyl (C=O) groups is 2. The Morgan fingerprint density at radius 2 is 1.67 bits per heavy atom. The first-order valence-electron chi connectivity index (χ1n) is 9.11. The predicted molar refractivity (Wildman–Crippen MR) is 114 cm³/mol. The number of piperidine rings is 1. The maximum absolute atomic E-state index is 12.4. The average Bonchev–Trinajstić information content (AvgIpc) is 2.67. The van der Waals surface area contributed by atoms with E-state index in [1.165, 1.54) is 30.1 Å². The maximum Gasteiger partial charge on any atom is 0.243 e. The molecule has 2 N–H and O–H groups in total. The number of carbonyl (C=O) groups excluding carboxylic acids is 2. The summed E-state index contributed by atoms with van der Waals surface area (Å²) in [7, 11) is -6.21. The minimum atomic E-state index is -3.99. The standard InChI is InChI=1S/C17H23Cl2N3O6S2/c1-20-15(23)11-29(25,26)12-6-9-22(10-7-12)16(24)5-8-21-30(27,28)17-13(18)3-2-4-14(17)19/h2-4,12,21H,5-11H2,1H3,(H,20,23). The van der Waals surface area contributed by atoms with Crippen LogP contribution in [-0.2, 0) is 29.4 Å². The molecule has 30 heavy (non-hydrogen) atoms. The number of rotatable bonds is 8. The van der Waals surface area contributed by atoms with E-state index >= 15 is 0 Å². The van der Waals surface area contributed by atoms with Gasteiger partial charge >= 0.3 is 0 Å². The molecule has 1 fully saturated rings. The zero-order valence-corrected chi connectivity index (χ0v) is 19.4. The summed E-state index contributed by atoms with van der Waals surface area (Å²) in [5, 5.41) is 1.55. The Hall–Kier alpha value is -1.40. The monoisotopic (exact) mass is 499 g/mol. The maximum atomic E-state index is 12.4. The van der Waals surface area contributed by atoms with Crippen LogP contribution in [0.5, 0.6) is 0 Å². The number of hydrogen-bond acceptors (Lipinski definition) is 6. The van der Waals surface area contributed by atoms with Crippen molar-refractivity contribution in [3.8, 4) is 0 Å². The molecular formula is C17H23Cl2N3O6S2. The number of nitrogens with one attached hydrogen (secondary N) is 2. The van der Waals surface area contributed by atoms with Gasteiger partial charge in [-0.05, 0) is 25.0 Å². The first-order valence-corrected chi connectivity index (χ1v) is 13.1. The number of halogens is 2. The predicted octanol–water partition coefficient (Wildman–Crippen LogP) is 0.814. The molecule has 13 heteroatoms. The molecule has 0 aromatic heterocycles. The lowest BCUT2D eigenvalue weighted by Crippen LogP contribution is -2.45. The Kier molecular flexibility index (Phi) is 8.51. The van der Waals surface area contributed by atoms with Crippen molar-refractivity contribution in [1.29, 1.82) is 0 Å². The van der Waals surface area contributed by atoms with Crippen LogP contribution in [-0.4, -0.2) is 71.2 Å². The lowest BCUT2D eigenvalue weighted by Gasteiger charge is -2.31. The van der Waals surface area contributed by atoms with Gasteiger partial charge in [-0.15, -0.1) is 0 Å². The van der Waals surface area contributed by atoms with Crippen molar-refractivity contribution >= 4 is 54.9 Å². The van der Waals surface area contributed by atoms with Crippen molar-refractivity contribution in [2.75, 3.05) is 32.4 Å². The number of nitrogens with zero attached hydrogens (tertiary/aromatic N) is 1. The van der Waals surface area contributed by atoms with Crippen LogP contribution in [0.15, 0.2) is 23.1 Å². The van der Waals surface area contributed by atoms with E-state index in [1.54, 1.807) is 0 Å². The molecule has 1 aromatic rings. The van der Waals surface area contributed by atoms with Gasteiger partial charge in [-0.1, -0.05) is 29.3 Å². The summed E-state index contributed by atoms with van der Waals surface area (Å²) in [6.45, 7) is 0.288. The Morgan fingerprint density at radius 3 is 2.20 bits per heavy atom. The smallest absolute Gasteiger partial charge is 0.243 e. The van der Waals surface area contributed by atoms with E-state index in [2.05, 4.69) is 10.0 Å². The normalized spacial score (nSPS) is 15.8. The number of amides is 2. The summed E-state index contributed by atoms with van der Waals surface area (Å²) in [6.07, 6.45) is 0.356. The summed E-state index contributed by atoms with van der Waals surface area (Å²) in [4.78, 5) is 25.0. The number of likely N-dealkylation sites (tertiary alicyclic amines) is 1. The van der Waals surface area contributed by atoms with Crippen LogP contribution in [0, 0.1) is 0 Å². The molecule has 168 valence electrons. The van der Waals surface area contributed by atoms with Gasteiger partial charge in [-0.2, -0.15) is 0 Å². The third kappa shape index (κ3) is 6.30. The van der Waals surface area contributed by atoms with Crippen LogP contribution < -0.4 is 10.0 Å². The van der Waals surface area contributed by atoms with Crippen molar-refractivity contribution in [3.05, 3.63) is 28.2 Å². The van der Waals surface area contributed by atoms with E-state index in [-0.39, 0.29) is 59.7 Å². The summed E-state index contributed by atoms with van der Waals surface area (Å²) in [5.74, 6) is -1.45. The zero-order valence-electron chi connectivity index (χ0n) is 16.2. The van der Waals surface area contributed by atoms with E-state index in [1.807, 2.05) is 0 Å². The minimum absolute atomic E-state index is 0.0265. The average molecular weight is 500 g/mol. The zero-order chi connectivity index (χ0) is 22.5. The molecule has 1 aromatic carbocycles. The van der Waals surface area contributed by atoms with Gasteiger partial charge in [0.15, 0.2) is 9.84 Å². The van der Waals surface area contributed by atoms with E-state index < -0.39 is 36.8 Å². The summed E-state index contributed by atoms with van der Waals surface area (Å²) in [6, 6.07) is 4.32. The highest BCUT2D eigenvalue weighted by Gasteiger charge is 2.32. The van der Waals surface area contributed by atoms with Gasteiger partial charge in [0.05, 0.1) is 15.3 Å². The molecule has 2 amide bonds. The lowest BCUT2D eigenvalue weighted by atomic mass is 10.1. The Morgan fingerprint density at radius 1 is 1.10 bits per heavy atom. The van der Waals surface area contributed by atoms with Gasteiger partial charge in [0.2, 0.25) is 21.8 Å². The van der Waals surface area contributed by atoms with Gasteiger partial charge in [0, 0.05) is 33.1 Å². The van der Waals surface area contributed by atoms with Crippen molar-refractivity contribution in [3.63, 3.8) is 0 Å². The third-order valence-electron chi connectivity index (χ3n) is 4.73. The van der Waals surface area contributed by atoms with Crippen molar-refractivity contribution in [2.45, 2.75) is 29.4 Å². The first kappa shape index (κ1) is 24.9. The fraction of sp³-hybridized carbons (Fsp3) is 0.529. The molecule has 0 aliphatic carbocycles. The van der Waals surface area contributed by atoms with Crippen LogP contribution in [0.2, 0.25) is 10.0 Å². The molecule has 1 saturated heterocycles. The van der Waals surface area contributed by atoms with E-state index in [4.69, 9.17) is 23.2 Å². The molecule has 0 saturated carbocycles. The highest BCUT2D eigenvalue weighted by Crippen LogP contribution is 2.28. The summed E-state index contributed by atoms with van der Waals surface area (Å²) in [5.41, 5.74) is 0. The highest BCUT2D eigenvalue weighted by atomic mass is 35.5. The molecule has 0 spiro atoms. The van der Waals surface area contributed by atoms with Gasteiger partial charge in [-0.25, -0.2) is 21.6 Å². The number of benzene rings is 1. The molecule has 9 nitrogen and oxygen atoms in total. The third-order valence-corrected chi connectivity index (χ3v) is 9.30. The van der Waals surface area contributed by atoms with Gasteiger partial charge in [0.1, 0.15) is 10.6 Å². The highest BCUT2D eigenvalue weighted by molar-refractivity contribution is 7.92. The molecule has 1 aliphatic rings. The Labute approximate surface area is 186 Å². The second kappa shape index (κ2) is 10.3. The first-order chi connectivity index (χ1) is 14.0. The second-order valence-corrected chi connectivity index (χ2v) is 11.6. The molecule has 0 bridgehead atoms. The van der Waals surface area contributed by atoms with Crippen LogP contribution >= 0.6 is 23.2 Å². The lowest BCUT2D eigenvalue weighted by molar-refractivity contribution is -0.131. The van der Waals surface area contributed by atoms with Crippen molar-refractivity contribution in [1.82, 2.24) is 14.9 Å². The summed E-state index contributed by atoms with van der Waals surface area (Å²) >= 11 is 11.8. The largest absolute Gasteiger partial charge is 0.358 e. The Balaban J connectivity index is 1.86. The quantitative estimate of drug-likeness (QED) is 0.544. The van der Waals surface area contributed by atoms with Gasteiger partial charge in [0.25, 0.3) is 0 Å². The van der Waals surface area contributed by atoms with Crippen LogP contribution in [0.25, 0.3) is 0 Å². The number of sulfone groups is 1. The van der Waals surface area contributed by atoms with Crippen molar-refractivity contribution in [2.24, 2.45) is 0 Å². The fourth-order valence-electron chi connectivity index (χ4n) is 3.10. The van der Waals surface area contributed by atoms with E-state index in [9.17, 15) is 26.4 Å². The van der Waals surface area contributed by atoms with Crippen LogP contribution in [0.1, 0.15) is 19.3 Å². The topological polar surface area (TPSA) is 130 Å². The summed E-state index contributed by atoms with van der Waals surface area (Å²) < 4.78 is 51.6. The molecular weight excluding hydrogens is 477 g/mol. The van der Waals surface area contributed by atoms with Gasteiger partial charge < -0.3 is 10.2 Å². The SMILES string of the molecule is CNC(=O)CS(=O)(=O)C1CCN(C(=O)CCNS(=O)(=O)c2c(Cl)cccc2Cl)CC1. The molecule has 1 aliphatic heterocycles. The Bertz CT molecular complexity index is 986. The molecule has 0 atom stereocenters. The minimum Gasteiger partial charge on any atom is -0.358 e. The molecule has 0 radical (unpaired) electrons. The number of hydrogen-bond donors (Lipinski definition) is 2. The van der Waals surface area contributed by atoms with Gasteiger partial charge in [-0.3, -0.25) is 9.59 Å². The fourth-order valence-corrected chi connectivity index (χ4v) is 6.94. The molecule has 1 heterocycles. The molecule has 0 unspecified atom stereocenters. The van der Waals surface area contributed by atoms with Crippen molar-refractivity contribution < 1.29 is 26.4 Å². The van der Waals surface area contributed by atoms with E-state index in [0.29, 0.717) is 0 Å². The second-order valence-electron chi connectivity index (χ2n) is 6.76. The van der Waals surface area contributed by atoms with Crippen LogP contribution in [0.3, 0.4) is 0 Å². The van der Waals surface area contributed by atoms with Crippen LogP contribution in [0.4, 0.5) is 0 Å².